The molecule has 0 unspecified atom stereocenters. The van der Waals surface area contributed by atoms with Gasteiger partial charge >= 0.3 is 0 Å². The maximum absolute atomic E-state index is 11.9. The van der Waals surface area contributed by atoms with Crippen LogP contribution < -0.4 is 11.3 Å². The number of nitrogens with one attached hydrogen (secondary N) is 1. The highest BCUT2D eigenvalue weighted by atomic mass is 35.5. The summed E-state index contributed by atoms with van der Waals surface area (Å²) in [6.07, 6.45) is 0.127. The Labute approximate surface area is 108 Å². The van der Waals surface area contributed by atoms with Gasteiger partial charge in [0.1, 0.15) is 0 Å². The Bertz CT molecular complexity index is 613. The van der Waals surface area contributed by atoms with Gasteiger partial charge in [0.15, 0.2) is 0 Å². The van der Waals surface area contributed by atoms with Gasteiger partial charge in [-0.1, -0.05) is 23.7 Å². The zero-order valence-electron chi connectivity index (χ0n) is 9.52. The third kappa shape index (κ3) is 2.69. The summed E-state index contributed by atoms with van der Waals surface area (Å²) in [6, 6.07) is 8.22. The molecule has 2 rings (SSSR count). The topological polar surface area (TPSA) is 80.9 Å². The molecule has 0 aliphatic rings. The van der Waals surface area contributed by atoms with Crippen LogP contribution in [0.1, 0.15) is 16.1 Å². The Morgan fingerprint density at radius 3 is 2.56 bits per heavy atom. The number of nitrogens with zero attached hydrogens (tertiary/aromatic N) is 1. The molecule has 1 aromatic heterocycles. The van der Waals surface area contributed by atoms with Crippen LogP contribution in [0.25, 0.3) is 0 Å². The fraction of sp³-hybridized carbons (Fsp3) is 0.167. The van der Waals surface area contributed by atoms with Crippen molar-refractivity contribution in [2.24, 2.45) is 5.73 Å². The molecule has 0 saturated heterocycles. The number of carbonyl (C=O) groups is 1. The minimum Gasteiger partial charge on any atom is -0.325 e. The third-order valence-corrected chi connectivity index (χ3v) is 2.76. The first-order valence-corrected chi connectivity index (χ1v) is 5.76. The second-order valence-electron chi connectivity index (χ2n) is 3.86. The van der Waals surface area contributed by atoms with Crippen molar-refractivity contribution in [3.8, 4) is 0 Å². The lowest BCUT2D eigenvalue weighted by Gasteiger charge is -2.01. The Morgan fingerprint density at radius 2 is 2.00 bits per heavy atom. The largest absolute Gasteiger partial charge is 0.325 e. The summed E-state index contributed by atoms with van der Waals surface area (Å²) in [5, 5.41) is 3.27. The van der Waals surface area contributed by atoms with Crippen molar-refractivity contribution >= 4 is 17.5 Å². The minimum atomic E-state index is -0.394. The molecule has 18 heavy (non-hydrogen) atoms. The first kappa shape index (κ1) is 12.6. The zero-order valence-corrected chi connectivity index (χ0v) is 10.3. The second-order valence-corrected chi connectivity index (χ2v) is 4.29. The summed E-state index contributed by atoms with van der Waals surface area (Å²) in [7, 11) is 0. The van der Waals surface area contributed by atoms with Gasteiger partial charge in [-0.15, -0.1) is 0 Å². The molecule has 5 nitrogen and oxygen atoms in total. The van der Waals surface area contributed by atoms with Gasteiger partial charge in [-0.25, -0.2) is 0 Å². The number of hydrogen-bond acceptors (Lipinski definition) is 3. The Balaban J connectivity index is 2.19. The van der Waals surface area contributed by atoms with Gasteiger partial charge in [-0.05, 0) is 17.7 Å². The van der Waals surface area contributed by atoms with Crippen molar-refractivity contribution < 1.29 is 4.79 Å². The van der Waals surface area contributed by atoms with E-state index in [2.05, 4.69) is 5.10 Å². The number of aromatic amines is 1. The minimum absolute atomic E-state index is 0.127. The monoisotopic (exact) mass is 265 g/mol. The van der Waals surface area contributed by atoms with Gasteiger partial charge in [0.05, 0.1) is 12.1 Å². The smallest absolute Gasteiger partial charge is 0.273 e. The van der Waals surface area contributed by atoms with E-state index in [-0.39, 0.29) is 18.9 Å². The lowest BCUT2D eigenvalue weighted by atomic mass is 10.1. The van der Waals surface area contributed by atoms with E-state index in [4.69, 9.17) is 17.3 Å². The van der Waals surface area contributed by atoms with Crippen LogP contribution in [0.2, 0.25) is 5.02 Å². The number of halogens is 1. The Hall–Kier alpha value is -1.85. The molecule has 1 aromatic carbocycles. The van der Waals surface area contributed by atoms with Crippen molar-refractivity contribution in [3.05, 3.63) is 57.0 Å². The number of aromatic nitrogens is 2. The highest BCUT2D eigenvalue weighted by Crippen LogP contribution is 2.10. The quantitative estimate of drug-likeness (QED) is 0.874. The number of rotatable bonds is 3. The third-order valence-electron chi connectivity index (χ3n) is 2.51. The molecule has 1 heterocycles. The molecule has 0 amide bonds. The second kappa shape index (κ2) is 5.20. The summed E-state index contributed by atoms with van der Waals surface area (Å²) in [5.74, 6) is -0.331. The van der Waals surface area contributed by atoms with Crippen molar-refractivity contribution in [1.82, 2.24) is 9.78 Å². The van der Waals surface area contributed by atoms with E-state index in [0.29, 0.717) is 10.7 Å². The van der Waals surface area contributed by atoms with Crippen LogP contribution in [-0.2, 0) is 13.0 Å². The number of H-pyrrole nitrogens is 1. The summed E-state index contributed by atoms with van der Waals surface area (Å²) in [4.78, 5) is 23.4. The van der Waals surface area contributed by atoms with Gasteiger partial charge in [0.2, 0.25) is 0 Å². The van der Waals surface area contributed by atoms with Crippen LogP contribution in [0.3, 0.4) is 0 Å². The summed E-state index contributed by atoms with van der Waals surface area (Å²) >= 11 is 5.75. The van der Waals surface area contributed by atoms with Gasteiger partial charge in [0, 0.05) is 17.6 Å². The van der Waals surface area contributed by atoms with Crippen LogP contribution in [0.4, 0.5) is 0 Å². The maximum atomic E-state index is 11.9. The number of carbonyl (C=O) groups excluding carboxylic acids is 1. The van der Waals surface area contributed by atoms with Crippen molar-refractivity contribution in [2.75, 3.05) is 0 Å². The van der Waals surface area contributed by atoms with Crippen LogP contribution in [0.5, 0.6) is 0 Å². The fourth-order valence-corrected chi connectivity index (χ4v) is 1.72. The predicted octanol–water partition coefficient (Wildman–Crippen LogP) is 1.17. The van der Waals surface area contributed by atoms with Gasteiger partial charge in [0.25, 0.3) is 11.5 Å². The van der Waals surface area contributed by atoms with Gasteiger partial charge in [-0.2, -0.15) is 4.68 Å². The molecule has 6 heteroatoms. The molecule has 0 fully saturated rings. The van der Waals surface area contributed by atoms with Crippen molar-refractivity contribution in [3.63, 3.8) is 0 Å². The Morgan fingerprint density at radius 1 is 1.33 bits per heavy atom. The molecule has 0 saturated carbocycles. The standard InChI is InChI=1S/C12H12ClN3O2/c13-9-3-1-8(2-4-9)5-11(17)16-12(18)6-10(7-14)15-16/h1-4,6,15H,5,7,14H2. The van der Waals surface area contributed by atoms with Crippen LogP contribution in [0.15, 0.2) is 35.1 Å². The molecule has 0 radical (unpaired) electrons. The summed E-state index contributed by atoms with van der Waals surface area (Å²) < 4.78 is 0.969. The lowest BCUT2D eigenvalue weighted by molar-refractivity contribution is 0.0894. The highest BCUT2D eigenvalue weighted by Gasteiger charge is 2.10. The molecule has 0 atom stereocenters. The predicted molar refractivity (Wildman–Crippen MR) is 68.7 cm³/mol. The first-order valence-electron chi connectivity index (χ1n) is 5.39. The van der Waals surface area contributed by atoms with E-state index in [1.165, 1.54) is 6.07 Å². The van der Waals surface area contributed by atoms with Gasteiger partial charge < -0.3 is 5.73 Å². The number of benzene rings is 1. The molecule has 0 spiro atoms. The van der Waals surface area contributed by atoms with Crippen molar-refractivity contribution in [2.45, 2.75) is 13.0 Å². The zero-order chi connectivity index (χ0) is 13.1. The molecule has 2 aromatic rings. The van der Waals surface area contributed by atoms with E-state index < -0.39 is 5.56 Å². The van der Waals surface area contributed by atoms with E-state index in [1.807, 2.05) is 0 Å². The molecule has 94 valence electrons. The molecule has 0 aliphatic carbocycles. The fourth-order valence-electron chi connectivity index (χ4n) is 1.59. The molecule has 3 N–H and O–H groups in total. The molecular formula is C12H12ClN3O2. The van der Waals surface area contributed by atoms with Crippen LogP contribution >= 0.6 is 11.6 Å². The summed E-state index contributed by atoms with van der Waals surface area (Å²) in [6.45, 7) is 0.191. The normalized spacial score (nSPS) is 10.6. The number of nitrogens with two attached hydrogens (primary N) is 1. The van der Waals surface area contributed by atoms with E-state index >= 15 is 0 Å². The van der Waals surface area contributed by atoms with Gasteiger partial charge in [-0.3, -0.25) is 14.7 Å². The lowest BCUT2D eigenvalue weighted by Crippen LogP contribution is -2.25. The SMILES string of the molecule is NCc1cc(=O)n(C(=O)Cc2ccc(Cl)cc2)[nH]1. The van der Waals surface area contributed by atoms with Crippen LogP contribution in [0, 0.1) is 0 Å². The Kier molecular flexibility index (Phi) is 3.64. The van der Waals surface area contributed by atoms with Crippen molar-refractivity contribution in [1.29, 1.82) is 0 Å². The number of hydrogen-bond donors (Lipinski definition) is 2. The average Bonchev–Trinajstić information content (AvgIpc) is 2.73. The first-order chi connectivity index (χ1) is 8.60. The average molecular weight is 266 g/mol. The highest BCUT2D eigenvalue weighted by molar-refractivity contribution is 6.30. The van der Waals surface area contributed by atoms with E-state index in [1.54, 1.807) is 24.3 Å². The van der Waals surface area contributed by atoms with Crippen LogP contribution in [-0.4, -0.2) is 15.7 Å². The molecular weight excluding hydrogens is 254 g/mol. The van der Waals surface area contributed by atoms with E-state index in [9.17, 15) is 9.59 Å². The molecule has 0 bridgehead atoms. The molecule has 0 aliphatic heterocycles. The van der Waals surface area contributed by atoms with E-state index in [0.717, 1.165) is 10.2 Å². The maximum Gasteiger partial charge on any atom is 0.273 e. The summed E-state index contributed by atoms with van der Waals surface area (Å²) in [5.41, 5.74) is 6.32.